The van der Waals surface area contributed by atoms with Crippen LogP contribution < -0.4 is 5.32 Å². The molecule has 1 aliphatic carbocycles. The first-order valence-corrected chi connectivity index (χ1v) is 6.86. The Morgan fingerprint density at radius 2 is 2.29 bits per heavy atom. The molecule has 0 spiro atoms. The van der Waals surface area contributed by atoms with Crippen LogP contribution in [0.2, 0.25) is 0 Å². The second-order valence-corrected chi connectivity index (χ2v) is 5.54. The maximum Gasteiger partial charge on any atom is 0.233 e. The number of carbonyl (C=O) groups excluding carboxylic acids is 1. The molecule has 0 saturated heterocycles. The van der Waals surface area contributed by atoms with Gasteiger partial charge in [0.05, 0.1) is 5.25 Å². The van der Waals surface area contributed by atoms with E-state index >= 15 is 0 Å². The van der Waals surface area contributed by atoms with E-state index in [1.807, 2.05) is 6.92 Å². The highest BCUT2D eigenvalue weighted by molar-refractivity contribution is 8.00. The Kier molecular flexibility index (Phi) is 3.71. The minimum absolute atomic E-state index is 0.0219. The van der Waals surface area contributed by atoms with Gasteiger partial charge in [0.25, 0.3) is 0 Å². The van der Waals surface area contributed by atoms with E-state index in [0.717, 1.165) is 17.5 Å². The molecule has 5 nitrogen and oxygen atoms in total. The number of hydrogen-bond donors (Lipinski definition) is 1. The maximum atomic E-state index is 11.5. The first-order valence-electron chi connectivity index (χ1n) is 5.98. The molecule has 1 aromatic rings. The Morgan fingerprint density at radius 1 is 1.59 bits per heavy atom. The van der Waals surface area contributed by atoms with Crippen LogP contribution in [0.5, 0.6) is 0 Å². The average Bonchev–Trinajstić information content (AvgIpc) is 3.10. The summed E-state index contributed by atoms with van der Waals surface area (Å²) in [6.45, 7) is 4.83. The minimum Gasteiger partial charge on any atom is -0.358 e. The van der Waals surface area contributed by atoms with Crippen molar-refractivity contribution in [3.05, 3.63) is 5.82 Å². The fraction of sp³-hybridized carbons (Fsp3) is 0.727. The summed E-state index contributed by atoms with van der Waals surface area (Å²) in [5, 5.41) is 11.8. The SMILES string of the molecule is CCn1c(S[C@H](C)C(=O)NC)nnc1C1CC1. The molecule has 1 aliphatic rings. The van der Waals surface area contributed by atoms with Crippen molar-refractivity contribution < 1.29 is 4.79 Å². The van der Waals surface area contributed by atoms with Gasteiger partial charge in [-0.2, -0.15) is 0 Å². The Labute approximate surface area is 105 Å². The van der Waals surface area contributed by atoms with Crippen molar-refractivity contribution in [2.75, 3.05) is 7.05 Å². The van der Waals surface area contributed by atoms with Gasteiger partial charge in [-0.3, -0.25) is 4.79 Å². The third-order valence-corrected chi connectivity index (χ3v) is 3.98. The maximum absolute atomic E-state index is 11.5. The Balaban J connectivity index is 2.12. The number of hydrogen-bond acceptors (Lipinski definition) is 4. The molecule has 1 amide bonds. The van der Waals surface area contributed by atoms with E-state index in [0.29, 0.717) is 5.92 Å². The normalized spacial score (nSPS) is 16.9. The van der Waals surface area contributed by atoms with Crippen molar-refractivity contribution in [3.63, 3.8) is 0 Å². The number of nitrogens with one attached hydrogen (secondary N) is 1. The molecule has 94 valence electrons. The third-order valence-electron chi connectivity index (χ3n) is 2.90. The molecule has 0 aliphatic heterocycles. The number of rotatable bonds is 5. The van der Waals surface area contributed by atoms with Crippen LogP contribution in [0.15, 0.2) is 5.16 Å². The Bertz CT molecular complexity index is 414. The zero-order valence-electron chi connectivity index (χ0n) is 10.4. The number of amides is 1. The largest absolute Gasteiger partial charge is 0.358 e. The van der Waals surface area contributed by atoms with Gasteiger partial charge in [0.1, 0.15) is 5.82 Å². The lowest BCUT2D eigenvalue weighted by Gasteiger charge is -2.10. The molecule has 0 aromatic carbocycles. The zero-order chi connectivity index (χ0) is 12.4. The molecule has 0 bridgehead atoms. The van der Waals surface area contributed by atoms with Gasteiger partial charge < -0.3 is 9.88 Å². The average molecular weight is 254 g/mol. The molecule has 1 aromatic heterocycles. The molecule has 1 heterocycles. The standard InChI is InChI=1S/C11H18N4OS/c1-4-15-9(8-5-6-8)13-14-11(15)17-7(2)10(16)12-3/h7-8H,4-6H2,1-3H3,(H,12,16)/t7-/m1/s1. The monoisotopic (exact) mass is 254 g/mol. The molecule has 1 saturated carbocycles. The lowest BCUT2D eigenvalue weighted by molar-refractivity contribution is -0.119. The summed E-state index contributed by atoms with van der Waals surface area (Å²) in [5.41, 5.74) is 0. The molecular formula is C11H18N4OS. The van der Waals surface area contributed by atoms with Crippen LogP contribution in [0.4, 0.5) is 0 Å². The summed E-state index contributed by atoms with van der Waals surface area (Å²) in [7, 11) is 1.65. The van der Waals surface area contributed by atoms with Gasteiger partial charge in [-0.05, 0) is 26.7 Å². The van der Waals surface area contributed by atoms with E-state index in [1.165, 1.54) is 24.6 Å². The fourth-order valence-electron chi connectivity index (χ4n) is 1.74. The van der Waals surface area contributed by atoms with E-state index in [9.17, 15) is 4.79 Å². The van der Waals surface area contributed by atoms with Gasteiger partial charge in [-0.25, -0.2) is 0 Å². The van der Waals surface area contributed by atoms with Gasteiger partial charge in [0.15, 0.2) is 5.16 Å². The Hall–Kier alpha value is -1.04. The van der Waals surface area contributed by atoms with Gasteiger partial charge in [-0.15, -0.1) is 10.2 Å². The first kappa shape index (κ1) is 12.4. The summed E-state index contributed by atoms with van der Waals surface area (Å²) >= 11 is 1.47. The van der Waals surface area contributed by atoms with Crippen molar-refractivity contribution in [2.24, 2.45) is 0 Å². The van der Waals surface area contributed by atoms with Crippen molar-refractivity contribution in [3.8, 4) is 0 Å². The molecular weight excluding hydrogens is 236 g/mol. The summed E-state index contributed by atoms with van der Waals surface area (Å²) in [5.74, 6) is 1.69. The predicted octanol–water partition coefficient (Wildman–Crippen LogP) is 1.40. The number of nitrogens with zero attached hydrogens (tertiary/aromatic N) is 3. The lowest BCUT2D eigenvalue weighted by atomic mass is 10.4. The van der Waals surface area contributed by atoms with Crippen molar-refractivity contribution in [1.29, 1.82) is 0 Å². The molecule has 1 fully saturated rings. The summed E-state index contributed by atoms with van der Waals surface area (Å²) in [6.07, 6.45) is 2.43. The van der Waals surface area contributed by atoms with Crippen molar-refractivity contribution >= 4 is 17.7 Å². The third kappa shape index (κ3) is 2.62. The molecule has 1 atom stereocenters. The quantitative estimate of drug-likeness (QED) is 0.807. The van der Waals surface area contributed by atoms with Gasteiger partial charge in [0, 0.05) is 19.5 Å². The lowest BCUT2D eigenvalue weighted by Crippen LogP contribution is -2.27. The highest BCUT2D eigenvalue weighted by atomic mass is 32.2. The second-order valence-electron chi connectivity index (χ2n) is 4.23. The zero-order valence-corrected chi connectivity index (χ0v) is 11.3. The number of carbonyl (C=O) groups is 1. The van der Waals surface area contributed by atoms with Crippen molar-refractivity contribution in [2.45, 2.75) is 49.6 Å². The summed E-state index contributed by atoms with van der Waals surface area (Å²) in [6, 6.07) is 0. The smallest absolute Gasteiger partial charge is 0.233 e. The highest BCUT2D eigenvalue weighted by Crippen LogP contribution is 2.40. The van der Waals surface area contributed by atoms with E-state index in [-0.39, 0.29) is 11.2 Å². The second kappa shape index (κ2) is 5.08. The van der Waals surface area contributed by atoms with Crippen LogP contribution >= 0.6 is 11.8 Å². The van der Waals surface area contributed by atoms with Gasteiger partial charge in [-0.1, -0.05) is 11.8 Å². The van der Waals surface area contributed by atoms with Crippen LogP contribution in [-0.2, 0) is 11.3 Å². The predicted molar refractivity (Wildman–Crippen MR) is 67.1 cm³/mol. The molecule has 17 heavy (non-hydrogen) atoms. The Morgan fingerprint density at radius 3 is 2.82 bits per heavy atom. The van der Waals surface area contributed by atoms with Crippen LogP contribution in [0.25, 0.3) is 0 Å². The van der Waals surface area contributed by atoms with Gasteiger partial charge >= 0.3 is 0 Å². The topological polar surface area (TPSA) is 59.8 Å². The van der Waals surface area contributed by atoms with E-state index in [4.69, 9.17) is 0 Å². The summed E-state index contributed by atoms with van der Waals surface area (Å²) < 4.78 is 2.13. The number of aromatic nitrogens is 3. The van der Waals surface area contributed by atoms with Crippen LogP contribution in [0.1, 0.15) is 38.4 Å². The van der Waals surface area contributed by atoms with Crippen LogP contribution in [0.3, 0.4) is 0 Å². The van der Waals surface area contributed by atoms with E-state index in [2.05, 4.69) is 27.0 Å². The molecule has 1 N–H and O–H groups in total. The molecule has 6 heteroatoms. The number of thioether (sulfide) groups is 1. The van der Waals surface area contributed by atoms with Gasteiger partial charge in [0.2, 0.25) is 5.91 Å². The molecule has 2 rings (SSSR count). The summed E-state index contributed by atoms with van der Waals surface area (Å²) in [4.78, 5) is 11.5. The first-order chi connectivity index (χ1) is 8.17. The minimum atomic E-state index is -0.137. The van der Waals surface area contributed by atoms with Crippen molar-refractivity contribution in [1.82, 2.24) is 20.1 Å². The highest BCUT2D eigenvalue weighted by Gasteiger charge is 2.30. The van der Waals surface area contributed by atoms with Crippen LogP contribution in [-0.4, -0.2) is 33.0 Å². The molecule has 0 unspecified atom stereocenters. The van der Waals surface area contributed by atoms with E-state index < -0.39 is 0 Å². The van der Waals surface area contributed by atoms with E-state index in [1.54, 1.807) is 7.05 Å². The fourth-order valence-corrected chi connectivity index (χ4v) is 2.72. The van der Waals surface area contributed by atoms with Crippen LogP contribution in [0, 0.1) is 0 Å². The molecule has 0 radical (unpaired) electrons.